The molecule has 0 spiro atoms. The molecule has 1 N–H and O–H groups in total. The molecule has 98 valence electrons. The molecule has 3 rings (SSSR count). The Hall–Kier alpha value is -2.99. The molecule has 0 saturated heterocycles. The average Bonchev–Trinajstić information content (AvgIpc) is 2.50. The summed E-state index contributed by atoms with van der Waals surface area (Å²) in [5.41, 5.74) is 0. The lowest BCUT2D eigenvalue weighted by molar-refractivity contribution is 0.481. The van der Waals surface area contributed by atoms with Crippen molar-refractivity contribution in [1.29, 1.82) is 5.26 Å². The molecule has 0 saturated carbocycles. The minimum atomic E-state index is 0.350. The average molecular weight is 263 g/mol. The Balaban J connectivity index is 0.000000151. The number of nitrogens with zero attached hydrogens (tertiary/aromatic N) is 1. The third kappa shape index (κ3) is 3.50. The minimum absolute atomic E-state index is 0.350. The molecule has 3 aromatic carbocycles. The number of phenols is 1. The number of hydrogen-bond acceptors (Lipinski definition) is 3. The number of aromatic hydroxyl groups is 1. The maximum absolute atomic E-state index is 9.37. The summed E-state index contributed by atoms with van der Waals surface area (Å²) in [5, 5.41) is 19.4. The van der Waals surface area contributed by atoms with E-state index in [1.165, 1.54) is 0 Å². The molecule has 0 aliphatic rings. The highest BCUT2D eigenvalue weighted by Gasteiger charge is 1.94. The summed E-state index contributed by atoms with van der Waals surface area (Å²) >= 11 is 0. The van der Waals surface area contributed by atoms with E-state index >= 15 is 0 Å². The van der Waals surface area contributed by atoms with Crippen LogP contribution in [-0.2, 0) is 0 Å². The van der Waals surface area contributed by atoms with E-state index in [0.29, 0.717) is 11.5 Å². The quantitative estimate of drug-likeness (QED) is 0.673. The molecule has 3 heteroatoms. The van der Waals surface area contributed by atoms with Crippen molar-refractivity contribution in [2.45, 2.75) is 0 Å². The molecule has 0 bridgehead atoms. The Labute approximate surface area is 117 Å². The summed E-state index contributed by atoms with van der Waals surface area (Å²) in [6.45, 7) is 0. The lowest BCUT2D eigenvalue weighted by Crippen LogP contribution is -1.78. The molecule has 0 fully saturated rings. The Morgan fingerprint density at radius 1 is 0.800 bits per heavy atom. The second kappa shape index (κ2) is 6.81. The summed E-state index contributed by atoms with van der Waals surface area (Å²) in [7, 11) is 0. The summed E-state index contributed by atoms with van der Waals surface area (Å²) in [4.78, 5) is 0. The van der Waals surface area contributed by atoms with Gasteiger partial charge in [-0.15, -0.1) is 5.26 Å². The number of phenolic OH excluding ortho intramolecular Hbond substituents is 1. The van der Waals surface area contributed by atoms with E-state index in [-0.39, 0.29) is 0 Å². The molecule has 0 unspecified atom stereocenters. The standard InChI is InChI=1S/C10H8O.C7H5NO/c11-10-7-3-5-8-4-1-2-6-9(8)10;8-6-9-7-4-2-1-3-5-7/h1-7,11H;1-5H. The molecular formula is C17H13NO2. The minimum Gasteiger partial charge on any atom is -0.507 e. The van der Waals surface area contributed by atoms with Crippen molar-refractivity contribution in [3.05, 3.63) is 72.8 Å². The van der Waals surface area contributed by atoms with E-state index in [9.17, 15) is 5.11 Å². The molecule has 0 radical (unpaired) electrons. The first-order valence-corrected chi connectivity index (χ1v) is 6.09. The number of nitriles is 1. The van der Waals surface area contributed by atoms with Gasteiger partial charge in [0.15, 0.2) is 0 Å². The van der Waals surface area contributed by atoms with Crippen LogP contribution in [0.2, 0.25) is 0 Å². The van der Waals surface area contributed by atoms with Crippen molar-refractivity contribution in [1.82, 2.24) is 0 Å². The van der Waals surface area contributed by atoms with Gasteiger partial charge < -0.3 is 9.84 Å². The van der Waals surface area contributed by atoms with Gasteiger partial charge in [0.05, 0.1) is 0 Å². The van der Waals surface area contributed by atoms with Crippen LogP contribution in [0.25, 0.3) is 10.8 Å². The van der Waals surface area contributed by atoms with Crippen LogP contribution in [0.5, 0.6) is 11.5 Å². The van der Waals surface area contributed by atoms with Gasteiger partial charge >= 0.3 is 0 Å². The van der Waals surface area contributed by atoms with Gasteiger partial charge in [0, 0.05) is 5.39 Å². The zero-order valence-electron chi connectivity index (χ0n) is 10.7. The van der Waals surface area contributed by atoms with E-state index in [1.807, 2.05) is 54.6 Å². The van der Waals surface area contributed by atoms with Gasteiger partial charge in [-0.25, -0.2) is 0 Å². The van der Waals surface area contributed by atoms with Crippen LogP contribution >= 0.6 is 0 Å². The van der Waals surface area contributed by atoms with Crippen LogP contribution in [0, 0.1) is 11.5 Å². The smallest absolute Gasteiger partial charge is 0.292 e. The number of para-hydroxylation sites is 1. The van der Waals surface area contributed by atoms with E-state index < -0.39 is 0 Å². The SMILES string of the molecule is N#COc1ccccc1.Oc1cccc2ccccc12. The predicted molar refractivity (Wildman–Crippen MR) is 78.3 cm³/mol. The van der Waals surface area contributed by atoms with Crippen molar-refractivity contribution in [3.8, 4) is 17.8 Å². The zero-order valence-corrected chi connectivity index (χ0v) is 10.7. The Morgan fingerprint density at radius 2 is 1.45 bits per heavy atom. The number of rotatable bonds is 1. The number of ether oxygens (including phenoxy) is 1. The van der Waals surface area contributed by atoms with Crippen molar-refractivity contribution in [2.75, 3.05) is 0 Å². The van der Waals surface area contributed by atoms with Gasteiger partial charge in [-0.3, -0.25) is 0 Å². The molecule has 0 aromatic heterocycles. The molecular weight excluding hydrogens is 250 g/mol. The van der Waals surface area contributed by atoms with Crippen LogP contribution in [0.3, 0.4) is 0 Å². The summed E-state index contributed by atoms with van der Waals surface area (Å²) in [5.74, 6) is 0.933. The van der Waals surface area contributed by atoms with Gasteiger partial charge in [0.2, 0.25) is 0 Å². The maximum atomic E-state index is 9.37. The first-order valence-electron chi connectivity index (χ1n) is 6.09. The van der Waals surface area contributed by atoms with Crippen LogP contribution in [0.1, 0.15) is 0 Å². The molecule has 0 heterocycles. The third-order valence-electron chi connectivity index (χ3n) is 2.67. The van der Waals surface area contributed by atoms with Crippen molar-refractivity contribution in [3.63, 3.8) is 0 Å². The molecule has 3 aromatic rings. The van der Waals surface area contributed by atoms with Gasteiger partial charge in [-0.1, -0.05) is 54.6 Å². The second-order valence-corrected chi connectivity index (χ2v) is 4.00. The van der Waals surface area contributed by atoms with Crippen LogP contribution in [-0.4, -0.2) is 5.11 Å². The second-order valence-electron chi connectivity index (χ2n) is 4.00. The normalized spacial score (nSPS) is 9.15. The van der Waals surface area contributed by atoms with E-state index in [1.54, 1.807) is 24.5 Å². The van der Waals surface area contributed by atoms with Gasteiger partial charge in [0.1, 0.15) is 11.5 Å². The van der Waals surface area contributed by atoms with Crippen LogP contribution in [0.4, 0.5) is 0 Å². The molecule has 0 amide bonds. The van der Waals surface area contributed by atoms with Crippen molar-refractivity contribution < 1.29 is 9.84 Å². The Morgan fingerprint density at radius 3 is 2.15 bits per heavy atom. The fourth-order valence-electron chi connectivity index (χ4n) is 1.75. The van der Waals surface area contributed by atoms with Crippen LogP contribution < -0.4 is 4.74 Å². The highest BCUT2D eigenvalue weighted by atomic mass is 16.5. The number of hydrogen-bond donors (Lipinski definition) is 1. The van der Waals surface area contributed by atoms with Crippen LogP contribution in [0.15, 0.2) is 72.8 Å². The predicted octanol–water partition coefficient (Wildman–Crippen LogP) is 4.09. The van der Waals surface area contributed by atoms with E-state index in [2.05, 4.69) is 4.74 Å². The molecule has 3 nitrogen and oxygen atoms in total. The Bertz CT molecular complexity index is 712. The highest BCUT2D eigenvalue weighted by molar-refractivity contribution is 5.87. The molecule has 0 atom stereocenters. The van der Waals surface area contributed by atoms with Crippen molar-refractivity contribution >= 4 is 10.8 Å². The monoisotopic (exact) mass is 263 g/mol. The number of benzene rings is 3. The maximum Gasteiger partial charge on any atom is 0.292 e. The Kier molecular flexibility index (Phi) is 4.58. The lowest BCUT2D eigenvalue weighted by atomic mass is 10.1. The first kappa shape index (κ1) is 13.4. The summed E-state index contributed by atoms with van der Waals surface area (Å²) in [6.07, 6.45) is 1.58. The van der Waals surface area contributed by atoms with Crippen molar-refractivity contribution in [2.24, 2.45) is 0 Å². The largest absolute Gasteiger partial charge is 0.507 e. The fraction of sp³-hybridized carbons (Fsp3) is 0. The van der Waals surface area contributed by atoms with Gasteiger partial charge in [-0.2, -0.15) is 0 Å². The zero-order chi connectivity index (χ0) is 14.2. The molecule has 0 aliphatic carbocycles. The molecule has 20 heavy (non-hydrogen) atoms. The highest BCUT2D eigenvalue weighted by Crippen LogP contribution is 2.22. The first-order chi connectivity index (χ1) is 9.81. The molecule has 0 aliphatic heterocycles. The topological polar surface area (TPSA) is 53.2 Å². The summed E-state index contributed by atoms with van der Waals surface area (Å²) < 4.78 is 4.51. The lowest BCUT2D eigenvalue weighted by Gasteiger charge is -1.97. The van der Waals surface area contributed by atoms with Gasteiger partial charge in [0.25, 0.3) is 6.26 Å². The summed E-state index contributed by atoms with van der Waals surface area (Å²) in [6, 6.07) is 22.2. The fourth-order valence-corrected chi connectivity index (χ4v) is 1.75. The third-order valence-corrected chi connectivity index (χ3v) is 2.67. The van der Waals surface area contributed by atoms with E-state index in [4.69, 9.17) is 5.26 Å². The van der Waals surface area contributed by atoms with E-state index in [0.717, 1.165) is 10.8 Å². The van der Waals surface area contributed by atoms with Gasteiger partial charge in [-0.05, 0) is 23.6 Å². The number of fused-ring (bicyclic) bond motifs is 1.